The lowest BCUT2D eigenvalue weighted by Gasteiger charge is -2.18. The molecule has 32 heavy (non-hydrogen) atoms. The summed E-state index contributed by atoms with van der Waals surface area (Å²) in [5.41, 5.74) is 4.10. The van der Waals surface area contributed by atoms with Crippen molar-refractivity contribution in [3.63, 3.8) is 0 Å². The number of para-hydroxylation sites is 1. The van der Waals surface area contributed by atoms with Crippen molar-refractivity contribution in [1.29, 1.82) is 0 Å². The van der Waals surface area contributed by atoms with Gasteiger partial charge in [-0.15, -0.1) is 0 Å². The van der Waals surface area contributed by atoms with Gasteiger partial charge in [-0.25, -0.2) is 4.98 Å². The van der Waals surface area contributed by atoms with Crippen LogP contribution in [0.2, 0.25) is 0 Å². The molecule has 162 valence electrons. The van der Waals surface area contributed by atoms with E-state index < -0.39 is 0 Å². The monoisotopic (exact) mass is 426 g/mol. The fourth-order valence-corrected chi connectivity index (χ4v) is 3.65. The van der Waals surface area contributed by atoms with E-state index in [1.807, 2.05) is 50.2 Å². The van der Waals surface area contributed by atoms with Crippen LogP contribution in [0, 0.1) is 6.92 Å². The van der Waals surface area contributed by atoms with Crippen molar-refractivity contribution in [3.05, 3.63) is 88.0 Å². The van der Waals surface area contributed by atoms with Crippen LogP contribution in [-0.4, -0.2) is 27.5 Å². The van der Waals surface area contributed by atoms with Gasteiger partial charge >= 0.3 is 0 Å². The van der Waals surface area contributed by atoms with Crippen molar-refractivity contribution in [2.75, 3.05) is 6.61 Å². The van der Waals surface area contributed by atoms with E-state index in [1.165, 1.54) is 4.68 Å². The van der Waals surface area contributed by atoms with Gasteiger partial charge in [0.15, 0.2) is 5.82 Å². The SMILES string of the molecule is CCOc1cc(C)c(-c2nc3ccccc3c(=O)n2N=Cc2cccnc2)cc1C(C)C. The van der Waals surface area contributed by atoms with Gasteiger partial charge in [0, 0.05) is 23.5 Å². The molecule has 0 bridgehead atoms. The molecule has 0 unspecified atom stereocenters. The Bertz CT molecular complexity index is 1340. The Morgan fingerprint density at radius 3 is 2.69 bits per heavy atom. The molecule has 0 aliphatic rings. The number of nitrogens with zero attached hydrogens (tertiary/aromatic N) is 4. The summed E-state index contributed by atoms with van der Waals surface area (Å²) in [5.74, 6) is 1.60. The van der Waals surface area contributed by atoms with Crippen LogP contribution in [0.15, 0.2) is 70.8 Å². The van der Waals surface area contributed by atoms with Crippen molar-refractivity contribution in [3.8, 4) is 17.1 Å². The summed E-state index contributed by atoms with van der Waals surface area (Å²) in [6.07, 6.45) is 5.02. The number of aryl methyl sites for hydroxylation is 1. The van der Waals surface area contributed by atoms with Crippen LogP contribution in [0.1, 0.15) is 43.4 Å². The first-order chi connectivity index (χ1) is 15.5. The summed E-state index contributed by atoms with van der Waals surface area (Å²) in [4.78, 5) is 22.4. The molecule has 2 heterocycles. The summed E-state index contributed by atoms with van der Waals surface area (Å²) in [5, 5.41) is 5.04. The molecule has 0 N–H and O–H groups in total. The van der Waals surface area contributed by atoms with Crippen LogP contribution in [-0.2, 0) is 0 Å². The van der Waals surface area contributed by atoms with E-state index in [0.29, 0.717) is 23.3 Å². The van der Waals surface area contributed by atoms with E-state index in [-0.39, 0.29) is 11.5 Å². The van der Waals surface area contributed by atoms with E-state index >= 15 is 0 Å². The Morgan fingerprint density at radius 2 is 1.97 bits per heavy atom. The van der Waals surface area contributed by atoms with Gasteiger partial charge < -0.3 is 4.74 Å². The highest BCUT2D eigenvalue weighted by molar-refractivity contribution is 5.82. The number of hydrogen-bond acceptors (Lipinski definition) is 5. The van der Waals surface area contributed by atoms with Crippen molar-refractivity contribution in [1.82, 2.24) is 14.6 Å². The van der Waals surface area contributed by atoms with E-state index in [2.05, 4.69) is 30.0 Å². The minimum atomic E-state index is -0.217. The molecule has 0 aliphatic heterocycles. The Morgan fingerprint density at radius 1 is 1.16 bits per heavy atom. The van der Waals surface area contributed by atoms with Gasteiger partial charge in [0.25, 0.3) is 5.56 Å². The van der Waals surface area contributed by atoms with Crippen LogP contribution in [0.4, 0.5) is 0 Å². The Balaban J connectivity index is 1.99. The van der Waals surface area contributed by atoms with Gasteiger partial charge in [-0.1, -0.05) is 32.0 Å². The zero-order chi connectivity index (χ0) is 22.7. The maximum Gasteiger partial charge on any atom is 0.282 e. The number of aromatic nitrogens is 3. The van der Waals surface area contributed by atoms with Gasteiger partial charge in [-0.2, -0.15) is 9.78 Å². The molecule has 2 aromatic carbocycles. The largest absolute Gasteiger partial charge is 0.494 e. The number of pyridine rings is 1. The van der Waals surface area contributed by atoms with Crippen LogP contribution in [0.5, 0.6) is 5.75 Å². The van der Waals surface area contributed by atoms with Gasteiger partial charge in [0.2, 0.25) is 0 Å². The van der Waals surface area contributed by atoms with Crippen LogP contribution in [0.3, 0.4) is 0 Å². The zero-order valence-corrected chi connectivity index (χ0v) is 18.7. The summed E-state index contributed by atoms with van der Waals surface area (Å²) in [7, 11) is 0. The molecular weight excluding hydrogens is 400 g/mol. The van der Waals surface area contributed by atoms with Crippen molar-refractivity contribution in [2.45, 2.75) is 33.6 Å². The molecule has 6 nitrogen and oxygen atoms in total. The van der Waals surface area contributed by atoms with Crippen molar-refractivity contribution < 1.29 is 4.74 Å². The normalized spacial score (nSPS) is 11.5. The molecule has 6 heteroatoms. The number of fused-ring (bicyclic) bond motifs is 1. The summed E-state index contributed by atoms with van der Waals surface area (Å²) in [6.45, 7) is 8.81. The molecule has 0 saturated carbocycles. The fraction of sp³-hybridized carbons (Fsp3) is 0.231. The third-order valence-electron chi connectivity index (χ3n) is 5.28. The number of benzene rings is 2. The number of hydrogen-bond donors (Lipinski definition) is 0. The number of rotatable bonds is 6. The second-order valence-corrected chi connectivity index (χ2v) is 7.89. The summed E-state index contributed by atoms with van der Waals surface area (Å²) < 4.78 is 7.25. The van der Waals surface area contributed by atoms with Gasteiger partial charge in [0.05, 0.1) is 23.7 Å². The molecule has 4 rings (SSSR count). The van der Waals surface area contributed by atoms with Gasteiger partial charge in [-0.05, 0) is 61.2 Å². The second-order valence-electron chi connectivity index (χ2n) is 7.89. The quantitative estimate of drug-likeness (QED) is 0.399. The lowest BCUT2D eigenvalue weighted by atomic mass is 9.96. The van der Waals surface area contributed by atoms with Crippen molar-refractivity contribution in [2.24, 2.45) is 5.10 Å². The molecule has 0 spiro atoms. The first-order valence-corrected chi connectivity index (χ1v) is 10.7. The minimum Gasteiger partial charge on any atom is -0.494 e. The molecular formula is C26H26N4O2. The maximum absolute atomic E-state index is 13.4. The zero-order valence-electron chi connectivity index (χ0n) is 18.7. The lowest BCUT2D eigenvalue weighted by molar-refractivity contribution is 0.335. The fourth-order valence-electron chi connectivity index (χ4n) is 3.65. The second kappa shape index (κ2) is 9.14. The Hall–Kier alpha value is -3.80. The molecule has 0 radical (unpaired) electrons. The minimum absolute atomic E-state index is 0.217. The highest BCUT2D eigenvalue weighted by Crippen LogP contribution is 2.34. The Kier molecular flexibility index (Phi) is 6.12. The first kappa shape index (κ1) is 21.4. The average Bonchev–Trinajstić information content (AvgIpc) is 2.79. The van der Waals surface area contributed by atoms with Gasteiger partial charge in [0.1, 0.15) is 5.75 Å². The predicted octanol–water partition coefficient (Wildman–Crippen LogP) is 5.17. The van der Waals surface area contributed by atoms with Crippen LogP contribution in [0.25, 0.3) is 22.3 Å². The third kappa shape index (κ3) is 4.17. The topological polar surface area (TPSA) is 69.4 Å². The van der Waals surface area contributed by atoms with Crippen LogP contribution < -0.4 is 10.3 Å². The summed E-state index contributed by atoms with van der Waals surface area (Å²) in [6, 6.07) is 15.1. The Labute approximate surface area is 187 Å². The molecule has 2 aromatic heterocycles. The highest BCUT2D eigenvalue weighted by atomic mass is 16.5. The lowest BCUT2D eigenvalue weighted by Crippen LogP contribution is -2.20. The molecule has 0 fully saturated rings. The average molecular weight is 427 g/mol. The van der Waals surface area contributed by atoms with Crippen molar-refractivity contribution >= 4 is 17.1 Å². The summed E-state index contributed by atoms with van der Waals surface area (Å²) >= 11 is 0. The molecule has 0 atom stereocenters. The predicted molar refractivity (Wildman–Crippen MR) is 129 cm³/mol. The molecule has 0 aliphatic carbocycles. The van der Waals surface area contributed by atoms with E-state index in [0.717, 1.165) is 28.0 Å². The standard InChI is InChI=1S/C26H26N4O2/c1-5-32-24-13-18(4)22(14-21(24)17(2)3)25-29-23-11-7-6-10-20(23)26(31)30(25)28-16-19-9-8-12-27-15-19/h6-17H,5H2,1-4H3. The van der Waals surface area contributed by atoms with Gasteiger partial charge in [-0.3, -0.25) is 9.78 Å². The molecule has 0 amide bonds. The van der Waals surface area contributed by atoms with E-state index in [9.17, 15) is 4.79 Å². The smallest absolute Gasteiger partial charge is 0.282 e. The maximum atomic E-state index is 13.4. The molecule has 4 aromatic rings. The van der Waals surface area contributed by atoms with E-state index in [1.54, 1.807) is 24.7 Å². The highest BCUT2D eigenvalue weighted by Gasteiger charge is 2.18. The first-order valence-electron chi connectivity index (χ1n) is 10.7. The van der Waals surface area contributed by atoms with E-state index in [4.69, 9.17) is 9.72 Å². The van der Waals surface area contributed by atoms with Crippen LogP contribution >= 0.6 is 0 Å². The third-order valence-corrected chi connectivity index (χ3v) is 5.28. The molecule has 0 saturated heterocycles. The number of ether oxygens (including phenoxy) is 1.